The van der Waals surface area contributed by atoms with Gasteiger partial charge >= 0.3 is 6.18 Å². The second-order valence-electron chi connectivity index (χ2n) is 8.65. The molecule has 4 rings (SSSR count). The summed E-state index contributed by atoms with van der Waals surface area (Å²) in [5.74, 6) is 0. The number of aromatic nitrogens is 2. The summed E-state index contributed by atoms with van der Waals surface area (Å²) in [6.07, 6.45) is -0.978. The average molecular weight is 408 g/mol. The van der Waals surface area contributed by atoms with Crippen molar-refractivity contribution in [2.75, 3.05) is 0 Å². The first-order valence-corrected chi connectivity index (χ1v) is 9.87. The van der Waals surface area contributed by atoms with Crippen molar-refractivity contribution in [1.82, 2.24) is 9.97 Å². The van der Waals surface area contributed by atoms with Crippen LogP contribution in [0.25, 0.3) is 32.8 Å². The van der Waals surface area contributed by atoms with Crippen LogP contribution in [0.4, 0.5) is 13.2 Å². The van der Waals surface area contributed by atoms with Crippen molar-refractivity contribution in [3.8, 4) is 11.3 Å². The number of rotatable bonds is 3. The zero-order valence-electron chi connectivity index (χ0n) is 17.4. The summed E-state index contributed by atoms with van der Waals surface area (Å²) < 4.78 is 39.8. The van der Waals surface area contributed by atoms with E-state index in [0.717, 1.165) is 32.8 Å². The number of halogens is 3. The van der Waals surface area contributed by atoms with Gasteiger partial charge in [0, 0.05) is 40.8 Å². The number of alkyl halides is 3. The van der Waals surface area contributed by atoms with E-state index in [0.29, 0.717) is 5.69 Å². The zero-order chi connectivity index (χ0) is 21.7. The predicted molar refractivity (Wildman–Crippen MR) is 115 cm³/mol. The van der Waals surface area contributed by atoms with Crippen molar-refractivity contribution in [2.24, 2.45) is 5.41 Å². The molecule has 0 bridgehead atoms. The Hall–Kier alpha value is -2.95. The number of hydrogen-bond acceptors (Lipinski definition) is 2. The smallest absolute Gasteiger partial charge is 0.261 e. The average Bonchev–Trinajstić information content (AvgIpc) is 2.65. The molecule has 0 unspecified atom stereocenters. The molecule has 0 atom stereocenters. The van der Waals surface area contributed by atoms with Gasteiger partial charge in [-0.05, 0) is 48.9 Å². The fourth-order valence-electron chi connectivity index (χ4n) is 3.92. The molecule has 0 spiro atoms. The first kappa shape index (κ1) is 20.3. The van der Waals surface area contributed by atoms with Crippen LogP contribution in [0.15, 0.2) is 54.9 Å². The molecule has 0 saturated heterocycles. The SMILES string of the molecule is Cc1cc(C)cc(-c2nccc3c2ccc2cc(CC(C)(C)C(F)(F)F)ncc23)c1. The molecule has 2 aromatic heterocycles. The van der Waals surface area contributed by atoms with Gasteiger partial charge in [0.05, 0.1) is 11.1 Å². The molecule has 0 radical (unpaired) electrons. The summed E-state index contributed by atoms with van der Waals surface area (Å²) in [6.45, 7) is 6.54. The first-order chi connectivity index (χ1) is 14.0. The minimum absolute atomic E-state index is 0.158. The molecule has 0 amide bonds. The van der Waals surface area contributed by atoms with Gasteiger partial charge in [-0.25, -0.2) is 0 Å². The van der Waals surface area contributed by atoms with Gasteiger partial charge in [-0.2, -0.15) is 13.2 Å². The molecule has 30 heavy (non-hydrogen) atoms. The van der Waals surface area contributed by atoms with Gasteiger partial charge < -0.3 is 0 Å². The number of nitrogens with zero attached hydrogens (tertiary/aromatic N) is 2. The quantitative estimate of drug-likeness (QED) is 0.335. The molecule has 0 aliphatic rings. The molecule has 2 nitrogen and oxygen atoms in total. The summed E-state index contributed by atoms with van der Waals surface area (Å²) >= 11 is 0. The van der Waals surface area contributed by atoms with Crippen LogP contribution in [0, 0.1) is 19.3 Å². The van der Waals surface area contributed by atoms with Gasteiger partial charge in [0.15, 0.2) is 0 Å². The van der Waals surface area contributed by atoms with E-state index in [-0.39, 0.29) is 6.42 Å². The number of hydrogen-bond donors (Lipinski definition) is 0. The Kier molecular flexibility index (Phi) is 4.80. The van der Waals surface area contributed by atoms with Crippen LogP contribution in [0.5, 0.6) is 0 Å². The molecule has 0 N–H and O–H groups in total. The van der Waals surface area contributed by atoms with Crippen molar-refractivity contribution in [3.63, 3.8) is 0 Å². The maximum atomic E-state index is 13.3. The second-order valence-corrected chi connectivity index (χ2v) is 8.65. The fraction of sp³-hybridized carbons (Fsp3) is 0.280. The molecule has 4 aromatic rings. The Balaban J connectivity index is 1.83. The van der Waals surface area contributed by atoms with Gasteiger partial charge in [-0.3, -0.25) is 9.97 Å². The predicted octanol–water partition coefficient (Wildman–Crippen LogP) is 7.20. The molecule has 5 heteroatoms. The summed E-state index contributed by atoms with van der Waals surface area (Å²) in [5, 5.41) is 3.78. The third-order valence-electron chi connectivity index (χ3n) is 5.59. The van der Waals surface area contributed by atoms with E-state index >= 15 is 0 Å². The topological polar surface area (TPSA) is 25.8 Å². The van der Waals surface area contributed by atoms with Crippen LogP contribution in [0.2, 0.25) is 0 Å². The maximum Gasteiger partial charge on any atom is 0.394 e. The van der Waals surface area contributed by atoms with E-state index in [1.165, 1.54) is 25.0 Å². The minimum atomic E-state index is -4.28. The standard InChI is InChI=1S/C25H23F3N2/c1-15-9-16(2)11-18(10-15)23-21-6-5-17-12-19(13-24(3,4)25(26,27)28)30-14-22(17)20(21)7-8-29-23/h5-12,14H,13H2,1-4H3. The molecule has 0 aliphatic heterocycles. The van der Waals surface area contributed by atoms with Gasteiger partial charge in [-0.1, -0.05) is 43.2 Å². The van der Waals surface area contributed by atoms with Crippen molar-refractivity contribution >= 4 is 21.5 Å². The van der Waals surface area contributed by atoms with E-state index in [2.05, 4.69) is 42.0 Å². The summed E-state index contributed by atoms with van der Waals surface area (Å²) in [5.41, 5.74) is 2.89. The Morgan fingerprint density at radius 2 is 1.50 bits per heavy atom. The van der Waals surface area contributed by atoms with E-state index < -0.39 is 11.6 Å². The van der Waals surface area contributed by atoms with Crippen LogP contribution >= 0.6 is 0 Å². The number of fused-ring (bicyclic) bond motifs is 3. The van der Waals surface area contributed by atoms with Crippen molar-refractivity contribution in [2.45, 2.75) is 40.3 Å². The first-order valence-electron chi connectivity index (χ1n) is 9.87. The summed E-state index contributed by atoms with van der Waals surface area (Å²) in [6, 6.07) is 14.0. The highest BCUT2D eigenvalue weighted by Crippen LogP contribution is 2.40. The second kappa shape index (κ2) is 7.08. The van der Waals surface area contributed by atoms with E-state index in [9.17, 15) is 13.2 Å². The molecule has 154 valence electrons. The van der Waals surface area contributed by atoms with Crippen LogP contribution in [0.1, 0.15) is 30.7 Å². The Morgan fingerprint density at radius 3 is 2.17 bits per heavy atom. The van der Waals surface area contributed by atoms with Gasteiger partial charge in [-0.15, -0.1) is 0 Å². The van der Waals surface area contributed by atoms with Crippen molar-refractivity contribution in [3.05, 3.63) is 71.7 Å². The Bertz CT molecular complexity index is 1240. The number of pyridine rings is 2. The van der Waals surface area contributed by atoms with E-state index in [1.807, 2.05) is 18.2 Å². The third kappa shape index (κ3) is 3.64. The monoisotopic (exact) mass is 408 g/mol. The largest absolute Gasteiger partial charge is 0.394 e. The highest BCUT2D eigenvalue weighted by molar-refractivity contribution is 6.10. The molecule has 0 fully saturated rings. The molecular formula is C25H23F3N2. The molecule has 2 heterocycles. The summed E-state index contributed by atoms with van der Waals surface area (Å²) in [7, 11) is 0. The minimum Gasteiger partial charge on any atom is -0.261 e. The van der Waals surface area contributed by atoms with Crippen LogP contribution in [0.3, 0.4) is 0 Å². The van der Waals surface area contributed by atoms with Crippen LogP contribution in [-0.2, 0) is 6.42 Å². The van der Waals surface area contributed by atoms with Gasteiger partial charge in [0.2, 0.25) is 0 Å². The van der Waals surface area contributed by atoms with Gasteiger partial charge in [0.1, 0.15) is 0 Å². The molecular weight excluding hydrogens is 385 g/mol. The van der Waals surface area contributed by atoms with Crippen LogP contribution < -0.4 is 0 Å². The number of benzene rings is 2. The highest BCUT2D eigenvalue weighted by atomic mass is 19.4. The number of aryl methyl sites for hydroxylation is 2. The van der Waals surface area contributed by atoms with Crippen molar-refractivity contribution < 1.29 is 13.2 Å². The van der Waals surface area contributed by atoms with E-state index in [4.69, 9.17) is 0 Å². The maximum absolute atomic E-state index is 13.3. The normalized spacial score (nSPS) is 12.6. The fourth-order valence-corrected chi connectivity index (χ4v) is 3.92. The third-order valence-corrected chi connectivity index (χ3v) is 5.59. The lowest BCUT2D eigenvalue weighted by Gasteiger charge is -2.27. The Morgan fingerprint density at radius 1 is 0.800 bits per heavy atom. The highest BCUT2D eigenvalue weighted by Gasteiger charge is 2.47. The molecule has 2 aromatic carbocycles. The zero-order valence-corrected chi connectivity index (χ0v) is 17.4. The van der Waals surface area contributed by atoms with E-state index in [1.54, 1.807) is 18.5 Å². The Labute approximate surface area is 173 Å². The van der Waals surface area contributed by atoms with Crippen molar-refractivity contribution in [1.29, 1.82) is 0 Å². The molecule has 0 aliphatic carbocycles. The lowest BCUT2D eigenvalue weighted by atomic mass is 9.86. The lowest BCUT2D eigenvalue weighted by Crippen LogP contribution is -2.34. The van der Waals surface area contributed by atoms with Gasteiger partial charge in [0.25, 0.3) is 0 Å². The van der Waals surface area contributed by atoms with Crippen LogP contribution in [-0.4, -0.2) is 16.1 Å². The lowest BCUT2D eigenvalue weighted by molar-refractivity contribution is -0.211. The molecule has 0 saturated carbocycles. The summed E-state index contributed by atoms with van der Waals surface area (Å²) in [4.78, 5) is 8.98.